The van der Waals surface area contributed by atoms with Gasteiger partial charge in [0.15, 0.2) is 5.13 Å². The van der Waals surface area contributed by atoms with E-state index in [0.29, 0.717) is 0 Å². The molecule has 2 fully saturated rings. The fourth-order valence-corrected chi connectivity index (χ4v) is 3.93. The van der Waals surface area contributed by atoms with Gasteiger partial charge in [-0.2, -0.15) is 0 Å². The minimum atomic E-state index is 0.168. The highest BCUT2D eigenvalue weighted by Crippen LogP contribution is 2.54. The number of para-hydroxylation sites is 1. The maximum atomic E-state index is 12.1. The standard InChI is InChI=1S/C14H14N2OS/c17-13(10-6-8-5-9(8)7-10)16-14-15-11-3-1-2-4-12(11)18-14/h1-4,8-10H,5-7H2,(H,15,16,17). The van der Waals surface area contributed by atoms with Gasteiger partial charge in [0.05, 0.1) is 10.2 Å². The molecule has 2 saturated carbocycles. The number of hydrogen-bond acceptors (Lipinski definition) is 3. The molecule has 18 heavy (non-hydrogen) atoms. The van der Waals surface area contributed by atoms with E-state index in [9.17, 15) is 4.79 Å². The van der Waals surface area contributed by atoms with Gasteiger partial charge in [-0.1, -0.05) is 23.5 Å². The van der Waals surface area contributed by atoms with Gasteiger partial charge in [0.25, 0.3) is 0 Å². The lowest BCUT2D eigenvalue weighted by atomic mass is 10.0. The number of nitrogens with zero attached hydrogens (tertiary/aromatic N) is 1. The molecule has 1 aromatic carbocycles. The number of thiazole rings is 1. The molecule has 0 aliphatic heterocycles. The fraction of sp³-hybridized carbons (Fsp3) is 0.429. The zero-order valence-electron chi connectivity index (χ0n) is 9.93. The number of amides is 1. The zero-order chi connectivity index (χ0) is 12.1. The molecule has 1 heterocycles. The van der Waals surface area contributed by atoms with Gasteiger partial charge in [-0.05, 0) is 43.2 Å². The van der Waals surface area contributed by atoms with Gasteiger partial charge in [0, 0.05) is 5.92 Å². The van der Waals surface area contributed by atoms with Crippen molar-refractivity contribution >= 4 is 32.6 Å². The van der Waals surface area contributed by atoms with Crippen molar-refractivity contribution in [1.29, 1.82) is 0 Å². The molecule has 0 saturated heterocycles. The van der Waals surface area contributed by atoms with Crippen LogP contribution in [0.15, 0.2) is 24.3 Å². The van der Waals surface area contributed by atoms with E-state index < -0.39 is 0 Å². The van der Waals surface area contributed by atoms with Crippen LogP contribution >= 0.6 is 11.3 Å². The van der Waals surface area contributed by atoms with Crippen molar-refractivity contribution < 1.29 is 4.79 Å². The highest BCUT2D eigenvalue weighted by atomic mass is 32.1. The normalized spacial score (nSPS) is 29.2. The molecule has 1 amide bonds. The van der Waals surface area contributed by atoms with Crippen LogP contribution in [-0.4, -0.2) is 10.9 Å². The van der Waals surface area contributed by atoms with E-state index >= 15 is 0 Å². The van der Waals surface area contributed by atoms with Gasteiger partial charge in [0.2, 0.25) is 5.91 Å². The summed E-state index contributed by atoms with van der Waals surface area (Å²) in [5.41, 5.74) is 0.965. The Labute approximate surface area is 109 Å². The van der Waals surface area contributed by atoms with Crippen molar-refractivity contribution in [2.24, 2.45) is 17.8 Å². The first kappa shape index (κ1) is 10.5. The van der Waals surface area contributed by atoms with Crippen LogP contribution in [0.2, 0.25) is 0 Å². The Kier molecular flexibility index (Phi) is 2.21. The summed E-state index contributed by atoms with van der Waals surface area (Å²) in [5.74, 6) is 2.08. The first-order valence-corrected chi connectivity index (χ1v) is 7.27. The zero-order valence-corrected chi connectivity index (χ0v) is 10.7. The largest absolute Gasteiger partial charge is 0.302 e. The number of carbonyl (C=O) groups is 1. The maximum absolute atomic E-state index is 12.1. The summed E-state index contributed by atoms with van der Waals surface area (Å²) in [6, 6.07) is 7.98. The first-order chi connectivity index (χ1) is 8.79. The van der Waals surface area contributed by atoms with Crippen molar-refractivity contribution in [2.45, 2.75) is 19.3 Å². The van der Waals surface area contributed by atoms with Crippen LogP contribution in [0, 0.1) is 17.8 Å². The number of hydrogen-bond donors (Lipinski definition) is 1. The van der Waals surface area contributed by atoms with Gasteiger partial charge in [-0.3, -0.25) is 4.79 Å². The third-order valence-corrected chi connectivity index (χ3v) is 5.09. The number of nitrogens with one attached hydrogen (secondary N) is 1. The smallest absolute Gasteiger partial charge is 0.229 e. The molecule has 2 atom stereocenters. The number of fused-ring (bicyclic) bond motifs is 2. The Morgan fingerprint density at radius 3 is 2.78 bits per heavy atom. The summed E-state index contributed by atoms with van der Waals surface area (Å²) in [4.78, 5) is 16.6. The van der Waals surface area contributed by atoms with Crippen LogP contribution in [-0.2, 0) is 4.79 Å². The lowest BCUT2D eigenvalue weighted by Crippen LogP contribution is -2.21. The first-order valence-electron chi connectivity index (χ1n) is 6.46. The second kappa shape index (κ2) is 3.79. The monoisotopic (exact) mass is 258 g/mol. The molecular weight excluding hydrogens is 244 g/mol. The average Bonchev–Trinajstić information content (AvgIpc) is 2.83. The van der Waals surface area contributed by atoms with E-state index in [-0.39, 0.29) is 11.8 Å². The third-order valence-electron chi connectivity index (χ3n) is 4.14. The van der Waals surface area contributed by atoms with Gasteiger partial charge < -0.3 is 5.32 Å². The molecular formula is C14H14N2OS. The van der Waals surface area contributed by atoms with Gasteiger partial charge in [0.1, 0.15) is 0 Å². The number of anilines is 1. The Bertz CT molecular complexity index is 578. The quantitative estimate of drug-likeness (QED) is 0.898. The topological polar surface area (TPSA) is 42.0 Å². The van der Waals surface area contributed by atoms with E-state index in [0.717, 1.165) is 40.0 Å². The Balaban J connectivity index is 1.51. The lowest BCUT2D eigenvalue weighted by Gasteiger charge is -2.09. The van der Waals surface area contributed by atoms with Crippen LogP contribution in [0.3, 0.4) is 0 Å². The van der Waals surface area contributed by atoms with Gasteiger partial charge in [-0.15, -0.1) is 0 Å². The van der Waals surface area contributed by atoms with E-state index in [4.69, 9.17) is 0 Å². The molecule has 0 spiro atoms. The van der Waals surface area contributed by atoms with Crippen molar-refractivity contribution in [2.75, 3.05) is 5.32 Å². The summed E-state index contributed by atoms with van der Waals surface area (Å²) >= 11 is 1.55. The Morgan fingerprint density at radius 1 is 1.22 bits per heavy atom. The summed E-state index contributed by atoms with van der Waals surface area (Å²) in [6.45, 7) is 0. The van der Waals surface area contributed by atoms with E-state index in [1.807, 2.05) is 24.3 Å². The van der Waals surface area contributed by atoms with Crippen molar-refractivity contribution in [1.82, 2.24) is 4.98 Å². The molecule has 1 aromatic heterocycles. The summed E-state index contributed by atoms with van der Waals surface area (Å²) in [7, 11) is 0. The van der Waals surface area contributed by atoms with E-state index in [1.54, 1.807) is 11.3 Å². The second-order valence-corrected chi connectivity index (χ2v) is 6.43. The molecule has 0 bridgehead atoms. The van der Waals surface area contributed by atoms with Crippen LogP contribution < -0.4 is 5.32 Å². The highest BCUT2D eigenvalue weighted by Gasteiger charge is 2.48. The number of benzene rings is 1. The maximum Gasteiger partial charge on any atom is 0.229 e. The Morgan fingerprint density at radius 2 is 2.00 bits per heavy atom. The van der Waals surface area contributed by atoms with Crippen molar-refractivity contribution in [3.63, 3.8) is 0 Å². The van der Waals surface area contributed by atoms with Crippen LogP contribution in [0.25, 0.3) is 10.2 Å². The molecule has 2 aromatic rings. The van der Waals surface area contributed by atoms with Crippen LogP contribution in [0.5, 0.6) is 0 Å². The highest BCUT2D eigenvalue weighted by molar-refractivity contribution is 7.22. The van der Waals surface area contributed by atoms with Gasteiger partial charge in [-0.25, -0.2) is 4.98 Å². The molecule has 2 aliphatic rings. The van der Waals surface area contributed by atoms with Crippen LogP contribution in [0.4, 0.5) is 5.13 Å². The Hall–Kier alpha value is -1.42. The molecule has 3 nitrogen and oxygen atoms in total. The fourth-order valence-electron chi connectivity index (χ4n) is 3.06. The number of aromatic nitrogens is 1. The SMILES string of the molecule is O=C(Nc1nc2ccccc2s1)C1CC2CC2C1. The predicted molar refractivity (Wildman–Crippen MR) is 72.6 cm³/mol. The van der Waals surface area contributed by atoms with E-state index in [1.165, 1.54) is 6.42 Å². The van der Waals surface area contributed by atoms with Crippen LogP contribution in [0.1, 0.15) is 19.3 Å². The lowest BCUT2D eigenvalue weighted by molar-refractivity contribution is -0.120. The molecule has 2 aliphatic carbocycles. The molecule has 2 unspecified atom stereocenters. The second-order valence-electron chi connectivity index (χ2n) is 5.40. The summed E-state index contributed by atoms with van der Waals surface area (Å²) < 4.78 is 1.13. The molecule has 0 radical (unpaired) electrons. The average molecular weight is 258 g/mol. The van der Waals surface area contributed by atoms with Crippen molar-refractivity contribution in [3.05, 3.63) is 24.3 Å². The van der Waals surface area contributed by atoms with Crippen molar-refractivity contribution in [3.8, 4) is 0 Å². The predicted octanol–water partition coefficient (Wildman–Crippen LogP) is 3.28. The number of rotatable bonds is 2. The third kappa shape index (κ3) is 1.72. The van der Waals surface area contributed by atoms with Gasteiger partial charge >= 0.3 is 0 Å². The minimum Gasteiger partial charge on any atom is -0.302 e. The molecule has 92 valence electrons. The minimum absolute atomic E-state index is 0.168. The molecule has 4 heteroatoms. The molecule has 4 rings (SSSR count). The summed E-state index contributed by atoms with van der Waals surface area (Å²) in [6.07, 6.45) is 3.52. The number of carbonyl (C=O) groups excluding carboxylic acids is 1. The molecule has 1 N–H and O–H groups in total. The summed E-state index contributed by atoms with van der Waals surface area (Å²) in [5, 5.41) is 3.72. The van der Waals surface area contributed by atoms with E-state index in [2.05, 4.69) is 10.3 Å².